The minimum absolute atomic E-state index is 0.108. The van der Waals surface area contributed by atoms with Gasteiger partial charge in [-0.25, -0.2) is 4.79 Å². The van der Waals surface area contributed by atoms with Crippen molar-refractivity contribution in [2.45, 2.75) is 63.8 Å². The molecule has 2 rings (SSSR count). The summed E-state index contributed by atoms with van der Waals surface area (Å²) in [7, 11) is 0. The third-order valence-corrected chi connectivity index (χ3v) is 5.45. The summed E-state index contributed by atoms with van der Waals surface area (Å²) in [4.78, 5) is 10.9. The number of allylic oxidation sites excluding steroid dienone is 1. The van der Waals surface area contributed by atoms with Gasteiger partial charge in [0.2, 0.25) is 0 Å². The number of aliphatic hydroxyl groups is 3. The van der Waals surface area contributed by atoms with E-state index >= 15 is 0 Å². The first kappa shape index (κ1) is 22.3. The first-order valence-corrected chi connectivity index (χ1v) is 10.1. The predicted octanol–water partition coefficient (Wildman–Crippen LogP) is 3.64. The molecule has 0 bridgehead atoms. The Kier molecular flexibility index (Phi) is 8.90. The molecule has 5 nitrogen and oxygen atoms in total. The Morgan fingerprint density at radius 2 is 1.89 bits per heavy atom. The number of rotatable bonds is 10. The molecule has 0 amide bonds. The van der Waals surface area contributed by atoms with Crippen LogP contribution in [0.4, 0.5) is 0 Å². The molecule has 5 unspecified atom stereocenters. The van der Waals surface area contributed by atoms with E-state index in [1.54, 1.807) is 30.3 Å². The van der Waals surface area contributed by atoms with Crippen molar-refractivity contribution in [1.29, 1.82) is 0 Å². The first-order valence-electron chi connectivity index (χ1n) is 10.1. The fourth-order valence-electron chi connectivity index (χ4n) is 3.76. The molecule has 4 N–H and O–H groups in total. The SMILES string of the molecule is CCCCCC(O)C=CC1C(O)CC(O)C1CC=Cc1ccc(C(=O)O)cc1. The maximum Gasteiger partial charge on any atom is 0.335 e. The van der Waals surface area contributed by atoms with Crippen LogP contribution in [0.15, 0.2) is 42.5 Å². The van der Waals surface area contributed by atoms with Crippen molar-refractivity contribution in [3.05, 3.63) is 53.6 Å². The average molecular weight is 389 g/mol. The molecule has 5 atom stereocenters. The molecule has 1 aromatic rings. The van der Waals surface area contributed by atoms with Crippen molar-refractivity contribution < 1.29 is 25.2 Å². The van der Waals surface area contributed by atoms with Gasteiger partial charge in [-0.1, -0.05) is 62.6 Å². The Morgan fingerprint density at radius 3 is 2.54 bits per heavy atom. The van der Waals surface area contributed by atoms with Gasteiger partial charge in [-0.3, -0.25) is 0 Å². The van der Waals surface area contributed by atoms with Crippen molar-refractivity contribution in [1.82, 2.24) is 0 Å². The average Bonchev–Trinajstić information content (AvgIpc) is 2.93. The highest BCUT2D eigenvalue weighted by Gasteiger charge is 2.39. The van der Waals surface area contributed by atoms with Gasteiger partial charge in [-0.2, -0.15) is 0 Å². The van der Waals surface area contributed by atoms with E-state index in [9.17, 15) is 20.1 Å². The van der Waals surface area contributed by atoms with Crippen molar-refractivity contribution in [3.63, 3.8) is 0 Å². The van der Waals surface area contributed by atoms with E-state index in [2.05, 4.69) is 6.92 Å². The largest absolute Gasteiger partial charge is 0.478 e. The van der Waals surface area contributed by atoms with Gasteiger partial charge in [0.05, 0.1) is 23.9 Å². The summed E-state index contributed by atoms with van der Waals surface area (Å²) in [6, 6.07) is 6.59. The van der Waals surface area contributed by atoms with Gasteiger partial charge in [0.1, 0.15) is 0 Å². The molecule has 1 aliphatic carbocycles. The van der Waals surface area contributed by atoms with Gasteiger partial charge in [0.25, 0.3) is 0 Å². The highest BCUT2D eigenvalue weighted by atomic mass is 16.4. The summed E-state index contributed by atoms with van der Waals surface area (Å²) in [5.74, 6) is -1.25. The fourth-order valence-corrected chi connectivity index (χ4v) is 3.76. The zero-order valence-corrected chi connectivity index (χ0v) is 16.4. The second kappa shape index (κ2) is 11.1. The highest BCUT2D eigenvalue weighted by Crippen LogP contribution is 2.36. The molecule has 1 aromatic carbocycles. The lowest BCUT2D eigenvalue weighted by atomic mass is 9.89. The number of carboxylic acid groups (broad SMARTS) is 1. The Hall–Kier alpha value is -1.95. The smallest absolute Gasteiger partial charge is 0.335 e. The van der Waals surface area contributed by atoms with Crippen LogP contribution < -0.4 is 0 Å². The third-order valence-electron chi connectivity index (χ3n) is 5.45. The molecule has 28 heavy (non-hydrogen) atoms. The summed E-state index contributed by atoms with van der Waals surface area (Å²) < 4.78 is 0. The summed E-state index contributed by atoms with van der Waals surface area (Å²) in [6.45, 7) is 2.12. The van der Waals surface area contributed by atoms with Crippen molar-refractivity contribution in [2.24, 2.45) is 11.8 Å². The molecule has 1 fully saturated rings. The van der Waals surface area contributed by atoms with Crippen LogP contribution in [0.5, 0.6) is 0 Å². The first-order chi connectivity index (χ1) is 13.4. The molecule has 0 aliphatic heterocycles. The number of benzene rings is 1. The van der Waals surface area contributed by atoms with E-state index < -0.39 is 24.3 Å². The molecule has 0 radical (unpaired) electrons. The van der Waals surface area contributed by atoms with E-state index in [4.69, 9.17) is 5.11 Å². The summed E-state index contributed by atoms with van der Waals surface area (Å²) in [5, 5.41) is 39.6. The molecule has 0 aromatic heterocycles. The monoisotopic (exact) mass is 388 g/mol. The van der Waals surface area contributed by atoms with Crippen LogP contribution in [0.3, 0.4) is 0 Å². The van der Waals surface area contributed by atoms with E-state index in [1.165, 1.54) is 0 Å². The zero-order chi connectivity index (χ0) is 20.5. The van der Waals surface area contributed by atoms with Crippen LogP contribution >= 0.6 is 0 Å². The third kappa shape index (κ3) is 6.59. The lowest BCUT2D eigenvalue weighted by Crippen LogP contribution is -2.20. The Morgan fingerprint density at radius 1 is 1.18 bits per heavy atom. The lowest BCUT2D eigenvalue weighted by molar-refractivity contribution is 0.0696. The van der Waals surface area contributed by atoms with Crippen LogP contribution in [-0.4, -0.2) is 44.7 Å². The number of carbonyl (C=O) groups is 1. The highest BCUT2D eigenvalue weighted by molar-refractivity contribution is 5.87. The number of unbranched alkanes of at least 4 members (excludes halogenated alkanes) is 2. The Labute approximate surface area is 167 Å². The second-order valence-electron chi connectivity index (χ2n) is 7.62. The van der Waals surface area contributed by atoms with Crippen molar-refractivity contribution in [2.75, 3.05) is 0 Å². The maximum absolute atomic E-state index is 10.9. The zero-order valence-electron chi connectivity index (χ0n) is 16.4. The van der Waals surface area contributed by atoms with Gasteiger partial charge in [0.15, 0.2) is 0 Å². The number of carboxylic acids is 1. The number of hydrogen-bond acceptors (Lipinski definition) is 4. The molecular formula is C23H32O5. The molecule has 154 valence electrons. The summed E-state index contributed by atoms with van der Waals surface area (Å²) in [6.07, 6.45) is 10.6. The quantitative estimate of drug-likeness (QED) is 0.362. The number of aromatic carboxylic acids is 1. The molecule has 0 heterocycles. The Balaban J connectivity index is 1.94. The normalized spacial score (nSPS) is 26.3. The van der Waals surface area contributed by atoms with Gasteiger partial charge in [-0.15, -0.1) is 0 Å². The minimum atomic E-state index is -0.954. The van der Waals surface area contributed by atoms with Gasteiger partial charge >= 0.3 is 5.97 Å². The molecule has 0 saturated heterocycles. The van der Waals surface area contributed by atoms with Gasteiger partial charge in [0, 0.05) is 12.3 Å². The number of aliphatic hydroxyl groups excluding tert-OH is 3. The molecular weight excluding hydrogens is 356 g/mol. The van der Waals surface area contributed by atoms with E-state index in [1.807, 2.05) is 18.2 Å². The van der Waals surface area contributed by atoms with E-state index in [0.29, 0.717) is 19.3 Å². The van der Waals surface area contributed by atoms with Crippen LogP contribution in [0.25, 0.3) is 6.08 Å². The predicted molar refractivity (Wildman–Crippen MR) is 110 cm³/mol. The molecule has 1 saturated carbocycles. The topological polar surface area (TPSA) is 98.0 Å². The fraction of sp³-hybridized carbons (Fsp3) is 0.522. The Bertz CT molecular complexity index is 664. The number of hydrogen-bond donors (Lipinski definition) is 4. The van der Waals surface area contributed by atoms with E-state index in [-0.39, 0.29) is 17.4 Å². The standard InChI is InChI=1S/C23H32O5/c1-2-3-4-7-18(24)13-14-20-19(21(25)15-22(20)26)8-5-6-16-9-11-17(12-10-16)23(27)28/h5-6,9-14,18-22,24-26H,2-4,7-8,15H2,1H3,(H,27,28). The van der Waals surface area contributed by atoms with Crippen LogP contribution in [0.1, 0.15) is 61.4 Å². The maximum atomic E-state index is 10.9. The van der Waals surface area contributed by atoms with Crippen molar-refractivity contribution in [3.8, 4) is 0 Å². The van der Waals surface area contributed by atoms with Gasteiger partial charge < -0.3 is 20.4 Å². The molecule has 5 heteroatoms. The minimum Gasteiger partial charge on any atom is -0.478 e. The molecule has 0 spiro atoms. The van der Waals surface area contributed by atoms with Crippen LogP contribution in [-0.2, 0) is 0 Å². The van der Waals surface area contributed by atoms with Gasteiger partial charge in [-0.05, 0) is 36.5 Å². The van der Waals surface area contributed by atoms with Crippen molar-refractivity contribution >= 4 is 12.0 Å². The second-order valence-corrected chi connectivity index (χ2v) is 7.62. The van der Waals surface area contributed by atoms with E-state index in [0.717, 1.165) is 24.8 Å². The summed E-state index contributed by atoms with van der Waals surface area (Å²) >= 11 is 0. The summed E-state index contributed by atoms with van der Waals surface area (Å²) in [5.41, 5.74) is 1.13. The van der Waals surface area contributed by atoms with Crippen LogP contribution in [0.2, 0.25) is 0 Å². The molecule has 1 aliphatic rings. The lowest BCUT2D eigenvalue weighted by Gasteiger charge is -2.19. The van der Waals surface area contributed by atoms with Crippen LogP contribution in [0, 0.1) is 11.8 Å².